The zero-order valence-electron chi connectivity index (χ0n) is 18.4. The van der Waals surface area contributed by atoms with Gasteiger partial charge in [-0.2, -0.15) is 0 Å². The van der Waals surface area contributed by atoms with Gasteiger partial charge in [-0.05, 0) is 26.8 Å². The predicted molar refractivity (Wildman–Crippen MR) is 121 cm³/mol. The van der Waals surface area contributed by atoms with Gasteiger partial charge in [-0.3, -0.25) is 29.8 Å². The number of hydrogen-bond donors (Lipinski definition) is 4. The van der Waals surface area contributed by atoms with Crippen LogP contribution < -0.4 is 16.2 Å². The highest BCUT2D eigenvalue weighted by molar-refractivity contribution is 7.12. The Morgan fingerprint density at radius 1 is 1.12 bits per heavy atom. The van der Waals surface area contributed by atoms with E-state index in [1.807, 2.05) is 0 Å². The second-order valence-corrected chi connectivity index (χ2v) is 8.80. The van der Waals surface area contributed by atoms with Crippen LogP contribution in [0.2, 0.25) is 0 Å². The fourth-order valence-corrected chi connectivity index (χ4v) is 3.57. The monoisotopic (exact) mass is 487 g/mol. The Bertz CT molecular complexity index is 1290. The van der Waals surface area contributed by atoms with Gasteiger partial charge in [0.05, 0.1) is 11.1 Å². The van der Waals surface area contributed by atoms with Crippen LogP contribution in [0.5, 0.6) is 0 Å². The number of amides is 3. The molecule has 0 unspecified atom stereocenters. The summed E-state index contributed by atoms with van der Waals surface area (Å²) in [7, 11) is 0. The standard InChI is InChI=1S/C21H21N5O7S/c1-21(2,3)33-19(30)22-8-15(27)24-25-17(29)13-10-34-18(23-13)16(28)12-9-26(20(31)32)14-7-5-4-6-11(12)14/h4-7,9-10H,8H2,1-3H3,(H,22,30)(H,24,27)(H,25,29)(H,31,32). The molecular formula is C21H21N5O7S. The van der Waals surface area contributed by atoms with E-state index >= 15 is 0 Å². The van der Waals surface area contributed by atoms with Crippen LogP contribution >= 0.6 is 11.3 Å². The van der Waals surface area contributed by atoms with E-state index in [4.69, 9.17) is 4.74 Å². The fourth-order valence-electron chi connectivity index (χ4n) is 2.82. The Morgan fingerprint density at radius 2 is 1.82 bits per heavy atom. The highest BCUT2D eigenvalue weighted by atomic mass is 32.1. The van der Waals surface area contributed by atoms with Gasteiger partial charge in [0.15, 0.2) is 5.01 Å². The molecule has 12 nitrogen and oxygen atoms in total. The van der Waals surface area contributed by atoms with Gasteiger partial charge < -0.3 is 15.2 Å². The third-order valence-electron chi connectivity index (χ3n) is 4.20. The Hall–Kier alpha value is -4.26. The van der Waals surface area contributed by atoms with E-state index in [-0.39, 0.29) is 16.3 Å². The number of fused-ring (bicyclic) bond motifs is 1. The predicted octanol–water partition coefficient (Wildman–Crippen LogP) is 2.14. The van der Waals surface area contributed by atoms with Crippen molar-refractivity contribution in [2.45, 2.75) is 26.4 Å². The molecule has 178 valence electrons. The highest BCUT2D eigenvalue weighted by Gasteiger charge is 2.23. The van der Waals surface area contributed by atoms with Crippen LogP contribution in [0.1, 0.15) is 46.6 Å². The summed E-state index contributed by atoms with van der Waals surface area (Å²) in [5, 5.41) is 13.3. The van der Waals surface area contributed by atoms with E-state index < -0.39 is 41.9 Å². The zero-order chi connectivity index (χ0) is 25.0. The van der Waals surface area contributed by atoms with Crippen LogP contribution in [0, 0.1) is 0 Å². The Balaban J connectivity index is 1.62. The number of thiazole rings is 1. The van der Waals surface area contributed by atoms with Crippen molar-refractivity contribution in [1.82, 2.24) is 25.7 Å². The maximum Gasteiger partial charge on any atom is 0.416 e. The van der Waals surface area contributed by atoms with Crippen LogP contribution in [0.25, 0.3) is 10.9 Å². The quantitative estimate of drug-likeness (QED) is 0.313. The van der Waals surface area contributed by atoms with Gasteiger partial charge in [0.1, 0.15) is 17.8 Å². The van der Waals surface area contributed by atoms with Crippen molar-refractivity contribution in [3.8, 4) is 0 Å². The number of ether oxygens (including phenoxy) is 1. The molecule has 13 heteroatoms. The highest BCUT2D eigenvalue weighted by Crippen LogP contribution is 2.25. The number of ketones is 1. The summed E-state index contributed by atoms with van der Waals surface area (Å²) in [5.74, 6) is -2.05. The number of carboxylic acid groups (broad SMARTS) is 1. The van der Waals surface area contributed by atoms with E-state index in [0.29, 0.717) is 10.9 Å². The SMILES string of the molecule is CC(C)(C)OC(=O)NCC(=O)NNC(=O)c1csc(C(=O)c2cn(C(=O)O)c3ccccc23)n1. The van der Waals surface area contributed by atoms with Crippen LogP contribution in [-0.2, 0) is 9.53 Å². The van der Waals surface area contributed by atoms with Crippen LogP contribution in [0.15, 0.2) is 35.8 Å². The van der Waals surface area contributed by atoms with Crippen molar-refractivity contribution in [3.05, 3.63) is 52.1 Å². The van der Waals surface area contributed by atoms with E-state index in [1.165, 1.54) is 11.6 Å². The lowest BCUT2D eigenvalue weighted by Gasteiger charge is -2.19. The van der Waals surface area contributed by atoms with Gasteiger partial charge in [-0.1, -0.05) is 18.2 Å². The van der Waals surface area contributed by atoms with E-state index in [2.05, 4.69) is 21.2 Å². The molecule has 0 atom stereocenters. The maximum absolute atomic E-state index is 12.9. The molecule has 34 heavy (non-hydrogen) atoms. The first-order valence-corrected chi connectivity index (χ1v) is 10.7. The number of alkyl carbamates (subject to hydrolysis) is 1. The second kappa shape index (κ2) is 9.70. The second-order valence-electron chi connectivity index (χ2n) is 7.94. The summed E-state index contributed by atoms with van der Waals surface area (Å²) in [6, 6.07) is 6.51. The Kier molecular flexibility index (Phi) is 6.96. The summed E-state index contributed by atoms with van der Waals surface area (Å²) in [5.41, 5.74) is 3.86. The first kappa shape index (κ1) is 24.4. The molecule has 0 saturated heterocycles. The first-order valence-electron chi connectivity index (χ1n) is 9.86. The van der Waals surface area contributed by atoms with Crippen LogP contribution in [-0.4, -0.2) is 56.6 Å². The van der Waals surface area contributed by atoms with Crippen molar-refractivity contribution in [2.24, 2.45) is 0 Å². The van der Waals surface area contributed by atoms with E-state index in [1.54, 1.807) is 45.0 Å². The summed E-state index contributed by atoms with van der Waals surface area (Å²) < 4.78 is 5.93. The number of hydrogen-bond acceptors (Lipinski definition) is 8. The average molecular weight is 487 g/mol. The van der Waals surface area contributed by atoms with Crippen molar-refractivity contribution >= 4 is 52.0 Å². The molecule has 0 aliphatic rings. The fraction of sp³-hybridized carbons (Fsp3) is 0.238. The number of nitrogens with one attached hydrogen (secondary N) is 3. The Morgan fingerprint density at radius 3 is 2.50 bits per heavy atom. The van der Waals surface area contributed by atoms with Crippen molar-refractivity contribution < 1.29 is 33.8 Å². The number of rotatable bonds is 5. The molecular weight excluding hydrogens is 466 g/mol. The molecule has 0 fully saturated rings. The first-order chi connectivity index (χ1) is 16.0. The molecule has 0 aliphatic heterocycles. The van der Waals surface area contributed by atoms with Crippen LogP contribution in [0.4, 0.5) is 9.59 Å². The van der Waals surface area contributed by atoms with Gasteiger partial charge in [-0.15, -0.1) is 11.3 Å². The zero-order valence-corrected chi connectivity index (χ0v) is 19.2. The van der Waals surface area contributed by atoms with Gasteiger partial charge in [0.25, 0.3) is 11.8 Å². The molecule has 3 amide bonds. The number of carbonyl (C=O) groups is 5. The van der Waals surface area contributed by atoms with Crippen molar-refractivity contribution in [1.29, 1.82) is 0 Å². The minimum absolute atomic E-state index is 0.0311. The molecule has 0 bridgehead atoms. The summed E-state index contributed by atoms with van der Waals surface area (Å²) in [4.78, 5) is 64.0. The molecule has 2 heterocycles. The summed E-state index contributed by atoms with van der Waals surface area (Å²) >= 11 is 0.896. The molecule has 1 aromatic carbocycles. The van der Waals surface area contributed by atoms with E-state index in [9.17, 15) is 29.1 Å². The van der Waals surface area contributed by atoms with Crippen molar-refractivity contribution in [3.63, 3.8) is 0 Å². The lowest BCUT2D eigenvalue weighted by atomic mass is 10.1. The molecule has 0 radical (unpaired) electrons. The number of para-hydroxylation sites is 1. The number of carbonyl (C=O) groups excluding carboxylic acids is 4. The smallest absolute Gasteiger partial charge is 0.416 e. The maximum atomic E-state index is 12.9. The molecule has 0 aliphatic carbocycles. The molecule has 0 saturated carbocycles. The summed E-state index contributed by atoms with van der Waals surface area (Å²) in [6.45, 7) is 4.57. The van der Waals surface area contributed by atoms with Gasteiger partial charge >= 0.3 is 12.2 Å². The minimum atomic E-state index is -1.24. The Labute approximate surface area is 196 Å². The lowest BCUT2D eigenvalue weighted by Crippen LogP contribution is -2.47. The number of aromatic nitrogens is 2. The van der Waals surface area contributed by atoms with Gasteiger partial charge in [-0.25, -0.2) is 14.6 Å². The molecule has 3 rings (SSSR count). The average Bonchev–Trinajstić information content (AvgIpc) is 3.40. The van der Waals surface area contributed by atoms with Crippen LogP contribution in [0.3, 0.4) is 0 Å². The molecule has 3 aromatic rings. The normalized spacial score (nSPS) is 11.0. The van der Waals surface area contributed by atoms with Gasteiger partial charge in [0.2, 0.25) is 5.78 Å². The third kappa shape index (κ3) is 5.75. The molecule has 2 aromatic heterocycles. The molecule has 0 spiro atoms. The largest absolute Gasteiger partial charge is 0.464 e. The molecule has 4 N–H and O–H groups in total. The minimum Gasteiger partial charge on any atom is -0.464 e. The lowest BCUT2D eigenvalue weighted by molar-refractivity contribution is -0.121. The number of hydrazine groups is 1. The summed E-state index contributed by atoms with van der Waals surface area (Å²) in [6.07, 6.45) is -0.832. The third-order valence-corrected chi connectivity index (χ3v) is 5.04. The number of benzene rings is 1. The number of nitrogens with zero attached hydrogens (tertiary/aromatic N) is 2. The van der Waals surface area contributed by atoms with E-state index in [0.717, 1.165) is 15.9 Å². The topological polar surface area (TPSA) is 169 Å². The van der Waals surface area contributed by atoms with Gasteiger partial charge in [0, 0.05) is 17.0 Å². The van der Waals surface area contributed by atoms with Crippen molar-refractivity contribution in [2.75, 3.05) is 6.54 Å².